The van der Waals surface area contributed by atoms with Gasteiger partial charge in [-0.05, 0) is 36.9 Å². The Morgan fingerprint density at radius 3 is 2.67 bits per heavy atom. The molecular formula is C26H36N6O. The molecule has 3 aliphatic heterocycles. The van der Waals surface area contributed by atoms with Crippen LogP contribution in [0.3, 0.4) is 0 Å². The van der Waals surface area contributed by atoms with Gasteiger partial charge in [0.15, 0.2) is 0 Å². The highest BCUT2D eigenvalue weighted by Gasteiger charge is 2.29. The number of likely N-dealkylation sites (N-methyl/N-ethyl adjacent to an activating group) is 1. The minimum absolute atomic E-state index is 0.143. The lowest BCUT2D eigenvalue weighted by molar-refractivity contribution is -0.122. The third-order valence-electron chi connectivity index (χ3n) is 7.34. The van der Waals surface area contributed by atoms with Crippen molar-refractivity contribution in [1.82, 2.24) is 25.0 Å². The molecule has 1 amide bonds. The summed E-state index contributed by atoms with van der Waals surface area (Å²) in [4.78, 5) is 28.9. The second-order valence-corrected chi connectivity index (χ2v) is 10.1. The second-order valence-electron chi connectivity index (χ2n) is 10.1. The smallest absolute Gasteiger partial charge is 0.234 e. The third kappa shape index (κ3) is 5.42. The molecular weight excluding hydrogens is 412 g/mol. The van der Waals surface area contributed by atoms with Gasteiger partial charge in [0.1, 0.15) is 6.04 Å². The Morgan fingerprint density at radius 1 is 1.09 bits per heavy atom. The maximum Gasteiger partial charge on any atom is 0.234 e. The molecule has 1 unspecified atom stereocenters. The fourth-order valence-electron chi connectivity index (χ4n) is 5.51. The van der Waals surface area contributed by atoms with Crippen LogP contribution in [0.4, 0.5) is 0 Å². The first-order valence-corrected chi connectivity index (χ1v) is 12.4. The van der Waals surface area contributed by atoms with Crippen LogP contribution in [0.1, 0.15) is 36.4 Å². The van der Waals surface area contributed by atoms with Crippen LogP contribution in [0, 0.1) is 5.92 Å². The maximum atomic E-state index is 12.7. The minimum Gasteiger partial charge on any atom is -0.354 e. The number of hydrogen-bond acceptors (Lipinski definition) is 6. The Hall–Kier alpha value is -2.35. The summed E-state index contributed by atoms with van der Waals surface area (Å²) in [5, 5.41) is 4.39. The first kappa shape index (κ1) is 22.4. The van der Waals surface area contributed by atoms with E-state index in [9.17, 15) is 4.79 Å². The molecule has 7 nitrogen and oxygen atoms in total. The van der Waals surface area contributed by atoms with Gasteiger partial charge in [-0.25, -0.2) is 0 Å². The summed E-state index contributed by atoms with van der Waals surface area (Å²) in [6.45, 7) is 10.8. The molecule has 33 heavy (non-hydrogen) atoms. The first-order valence-electron chi connectivity index (χ1n) is 12.4. The SMILES string of the molecule is C[C@@H]1C[C@H](c2ccc(C3C=N3)c3ncccc23)CN(CC(=O)NCCN2CCN(C)CC2)C1. The van der Waals surface area contributed by atoms with Gasteiger partial charge in [-0.1, -0.05) is 25.1 Å². The largest absolute Gasteiger partial charge is 0.354 e. The maximum absolute atomic E-state index is 12.7. The number of benzene rings is 1. The quantitative estimate of drug-likeness (QED) is 0.703. The first-order chi connectivity index (χ1) is 16.1. The van der Waals surface area contributed by atoms with Crippen LogP contribution < -0.4 is 5.32 Å². The number of aromatic nitrogens is 1. The standard InChI is InChI=1S/C26H36N6O/c1-19-14-20(21-5-6-23(24-15-29-24)26-22(21)4-3-7-28-26)17-32(16-19)18-25(33)27-8-9-31-12-10-30(2)11-13-31/h3-7,15,19-20,24H,8-14,16-18H2,1-2H3,(H,27,33)/t19-,20+,24?/m1/s1. The number of piperidine rings is 1. The predicted octanol–water partition coefficient (Wildman–Crippen LogP) is 2.15. The van der Waals surface area contributed by atoms with E-state index in [2.05, 4.69) is 57.2 Å². The van der Waals surface area contributed by atoms with Gasteiger partial charge >= 0.3 is 0 Å². The zero-order chi connectivity index (χ0) is 22.8. The highest BCUT2D eigenvalue weighted by molar-refractivity contribution is 5.92. The molecule has 7 heteroatoms. The summed E-state index contributed by atoms with van der Waals surface area (Å²) in [7, 11) is 2.17. The van der Waals surface area contributed by atoms with Crippen molar-refractivity contribution in [3.63, 3.8) is 0 Å². The zero-order valence-corrected chi connectivity index (χ0v) is 19.9. The molecule has 3 atom stereocenters. The van der Waals surface area contributed by atoms with E-state index in [1.54, 1.807) is 0 Å². The van der Waals surface area contributed by atoms with E-state index in [-0.39, 0.29) is 11.9 Å². The Labute approximate surface area is 196 Å². The van der Waals surface area contributed by atoms with E-state index >= 15 is 0 Å². The van der Waals surface area contributed by atoms with Crippen molar-refractivity contribution in [2.75, 3.05) is 66.0 Å². The van der Waals surface area contributed by atoms with Crippen LogP contribution in [0.5, 0.6) is 0 Å². The molecule has 0 aliphatic carbocycles. The Morgan fingerprint density at radius 2 is 1.88 bits per heavy atom. The van der Waals surface area contributed by atoms with Gasteiger partial charge in [0, 0.05) is 75.7 Å². The van der Waals surface area contributed by atoms with Gasteiger partial charge < -0.3 is 10.2 Å². The Bertz CT molecular complexity index is 1010. The van der Waals surface area contributed by atoms with Crippen LogP contribution in [0.25, 0.3) is 10.9 Å². The number of likely N-dealkylation sites (tertiary alicyclic amines) is 1. The van der Waals surface area contributed by atoms with Gasteiger partial charge in [0.05, 0.1) is 12.1 Å². The second kappa shape index (κ2) is 9.87. The summed E-state index contributed by atoms with van der Waals surface area (Å²) in [6, 6.07) is 8.90. The van der Waals surface area contributed by atoms with Crippen LogP contribution in [-0.2, 0) is 4.79 Å². The normalized spacial score (nSPS) is 26.5. The molecule has 1 aromatic carbocycles. The molecule has 2 aromatic rings. The van der Waals surface area contributed by atoms with Crippen LogP contribution in [0.15, 0.2) is 35.5 Å². The Balaban J connectivity index is 1.19. The molecule has 0 bridgehead atoms. The highest BCUT2D eigenvalue weighted by atomic mass is 16.2. The van der Waals surface area contributed by atoms with Crippen molar-refractivity contribution in [2.24, 2.45) is 10.9 Å². The van der Waals surface area contributed by atoms with E-state index in [4.69, 9.17) is 4.98 Å². The molecule has 2 fully saturated rings. The van der Waals surface area contributed by atoms with Crippen molar-refractivity contribution in [3.8, 4) is 0 Å². The molecule has 5 rings (SSSR count). The van der Waals surface area contributed by atoms with Gasteiger partial charge in [-0.15, -0.1) is 0 Å². The number of amides is 1. The van der Waals surface area contributed by atoms with Gasteiger partial charge in [-0.2, -0.15) is 0 Å². The molecule has 1 aromatic heterocycles. The lowest BCUT2D eigenvalue weighted by atomic mass is 9.83. The van der Waals surface area contributed by atoms with E-state index in [1.165, 1.54) is 16.5 Å². The van der Waals surface area contributed by atoms with Crippen LogP contribution >= 0.6 is 0 Å². The molecule has 0 radical (unpaired) electrons. The lowest BCUT2D eigenvalue weighted by Crippen LogP contribution is -2.48. The van der Waals surface area contributed by atoms with E-state index < -0.39 is 0 Å². The van der Waals surface area contributed by atoms with Crippen molar-refractivity contribution in [2.45, 2.75) is 25.3 Å². The predicted molar refractivity (Wildman–Crippen MR) is 133 cm³/mol. The van der Waals surface area contributed by atoms with E-state index in [0.717, 1.165) is 64.3 Å². The molecule has 176 valence electrons. The zero-order valence-electron chi connectivity index (χ0n) is 19.9. The summed E-state index contributed by atoms with van der Waals surface area (Å²) in [6.07, 6.45) is 5.00. The average molecular weight is 449 g/mol. The van der Waals surface area contributed by atoms with Gasteiger partial charge in [-0.3, -0.25) is 24.6 Å². The van der Waals surface area contributed by atoms with Crippen LogP contribution in [-0.4, -0.2) is 97.8 Å². The number of pyridine rings is 1. The summed E-state index contributed by atoms with van der Waals surface area (Å²) in [5.74, 6) is 1.11. The Kier molecular flexibility index (Phi) is 6.71. The number of piperazine rings is 1. The summed E-state index contributed by atoms with van der Waals surface area (Å²) >= 11 is 0. The number of nitrogens with zero attached hydrogens (tertiary/aromatic N) is 5. The van der Waals surface area contributed by atoms with Crippen molar-refractivity contribution >= 4 is 23.0 Å². The number of rotatable bonds is 7. The average Bonchev–Trinajstić information content (AvgIpc) is 3.64. The topological polar surface area (TPSA) is 64.1 Å². The van der Waals surface area contributed by atoms with E-state index in [0.29, 0.717) is 18.4 Å². The number of aliphatic imine (C=N–C) groups is 1. The van der Waals surface area contributed by atoms with E-state index in [1.807, 2.05) is 18.5 Å². The molecule has 0 saturated carbocycles. The fourth-order valence-corrected chi connectivity index (χ4v) is 5.51. The number of carbonyl (C=O) groups is 1. The van der Waals surface area contributed by atoms with Crippen molar-refractivity contribution in [1.29, 1.82) is 0 Å². The molecule has 2 saturated heterocycles. The van der Waals surface area contributed by atoms with Gasteiger partial charge in [0.2, 0.25) is 5.91 Å². The molecule has 4 heterocycles. The molecule has 1 N–H and O–H groups in total. The minimum atomic E-state index is 0.143. The lowest BCUT2D eigenvalue weighted by Gasteiger charge is -2.37. The number of carbonyl (C=O) groups excluding carboxylic acids is 1. The molecule has 3 aliphatic rings. The third-order valence-corrected chi connectivity index (χ3v) is 7.34. The fraction of sp³-hybridized carbons (Fsp3) is 0.577. The van der Waals surface area contributed by atoms with Crippen molar-refractivity contribution in [3.05, 3.63) is 41.6 Å². The number of fused-ring (bicyclic) bond motifs is 1. The van der Waals surface area contributed by atoms with Crippen LogP contribution in [0.2, 0.25) is 0 Å². The van der Waals surface area contributed by atoms with Gasteiger partial charge in [0.25, 0.3) is 0 Å². The highest BCUT2D eigenvalue weighted by Crippen LogP contribution is 2.37. The molecule has 0 spiro atoms. The number of hydrogen-bond donors (Lipinski definition) is 1. The van der Waals surface area contributed by atoms with Crippen molar-refractivity contribution < 1.29 is 4.79 Å². The number of nitrogens with one attached hydrogen (secondary N) is 1. The summed E-state index contributed by atoms with van der Waals surface area (Å²) in [5.41, 5.74) is 3.63. The summed E-state index contributed by atoms with van der Waals surface area (Å²) < 4.78 is 0. The monoisotopic (exact) mass is 448 g/mol.